The van der Waals surface area contributed by atoms with Crippen molar-refractivity contribution in [3.63, 3.8) is 0 Å². The summed E-state index contributed by atoms with van der Waals surface area (Å²) < 4.78 is 1.53. The van der Waals surface area contributed by atoms with Crippen molar-refractivity contribution in [2.75, 3.05) is 36.0 Å². The summed E-state index contributed by atoms with van der Waals surface area (Å²) in [5.74, 6) is 0.715. The van der Waals surface area contributed by atoms with Crippen molar-refractivity contribution >= 4 is 33.6 Å². The minimum absolute atomic E-state index is 0.0318. The normalized spacial score (nSPS) is 15.2. The van der Waals surface area contributed by atoms with E-state index in [0.717, 1.165) is 18.8 Å². The number of rotatable bonds is 3. The molecule has 9 heteroatoms. The van der Waals surface area contributed by atoms with Gasteiger partial charge in [0.1, 0.15) is 11.9 Å². The first kappa shape index (κ1) is 14.8. The van der Waals surface area contributed by atoms with E-state index in [9.17, 15) is 15.2 Å². The van der Waals surface area contributed by atoms with E-state index in [1.54, 1.807) is 23.7 Å². The standard InChI is InChI=1S/C15H15N5O3S/c21-12-3-1-11(2-4-12)17-5-7-18(8-6-17)13-14(20(22)23)19-9-10-24-15(19)16-13/h1-4,9-10,21H,5-8H2. The second kappa shape index (κ2) is 5.68. The van der Waals surface area contributed by atoms with Crippen molar-refractivity contribution in [1.29, 1.82) is 0 Å². The molecule has 1 saturated heterocycles. The molecule has 0 unspecified atom stereocenters. The molecule has 0 saturated carbocycles. The molecule has 0 aliphatic carbocycles. The zero-order valence-corrected chi connectivity index (χ0v) is 13.5. The number of aromatic nitrogens is 2. The van der Waals surface area contributed by atoms with E-state index in [4.69, 9.17) is 0 Å². The number of benzene rings is 1. The van der Waals surface area contributed by atoms with Gasteiger partial charge in [-0.1, -0.05) is 11.3 Å². The van der Waals surface area contributed by atoms with Crippen LogP contribution in [-0.4, -0.2) is 45.6 Å². The van der Waals surface area contributed by atoms with Gasteiger partial charge in [0.05, 0.1) is 0 Å². The Hall–Kier alpha value is -2.81. The topological polar surface area (TPSA) is 87.2 Å². The minimum atomic E-state index is -0.367. The van der Waals surface area contributed by atoms with Gasteiger partial charge in [-0.15, -0.1) is 0 Å². The Kier molecular flexibility index (Phi) is 3.49. The summed E-state index contributed by atoms with van der Waals surface area (Å²) >= 11 is 1.39. The van der Waals surface area contributed by atoms with Crippen molar-refractivity contribution in [1.82, 2.24) is 9.38 Å². The first-order valence-corrected chi connectivity index (χ1v) is 8.40. The van der Waals surface area contributed by atoms with E-state index in [2.05, 4.69) is 9.88 Å². The number of hydrogen-bond acceptors (Lipinski definition) is 7. The van der Waals surface area contributed by atoms with Crippen LogP contribution in [0.25, 0.3) is 4.96 Å². The van der Waals surface area contributed by atoms with Crippen LogP contribution in [0, 0.1) is 10.1 Å². The second-order valence-electron chi connectivity index (χ2n) is 5.56. The first-order valence-electron chi connectivity index (χ1n) is 7.52. The van der Waals surface area contributed by atoms with Crippen LogP contribution >= 0.6 is 11.3 Å². The third-order valence-corrected chi connectivity index (χ3v) is 4.94. The smallest absolute Gasteiger partial charge is 0.373 e. The zero-order valence-electron chi connectivity index (χ0n) is 12.7. The average Bonchev–Trinajstić information content (AvgIpc) is 3.16. The Labute approximate surface area is 141 Å². The number of nitro groups is 1. The summed E-state index contributed by atoms with van der Waals surface area (Å²) in [6.07, 6.45) is 1.68. The van der Waals surface area contributed by atoms with Crippen LogP contribution in [-0.2, 0) is 0 Å². The summed E-state index contributed by atoms with van der Waals surface area (Å²) in [4.78, 5) is 20.3. The molecule has 0 radical (unpaired) electrons. The molecule has 1 aliphatic rings. The molecular weight excluding hydrogens is 330 g/mol. The third-order valence-electron chi connectivity index (χ3n) is 4.19. The van der Waals surface area contributed by atoms with Gasteiger partial charge in [0.2, 0.25) is 5.82 Å². The molecule has 124 valence electrons. The van der Waals surface area contributed by atoms with Crippen LogP contribution in [0.3, 0.4) is 0 Å². The molecule has 2 aromatic heterocycles. The molecule has 3 heterocycles. The molecule has 0 amide bonds. The van der Waals surface area contributed by atoms with Gasteiger partial charge in [-0.3, -0.25) is 0 Å². The predicted molar refractivity (Wildman–Crippen MR) is 92.3 cm³/mol. The molecule has 0 atom stereocenters. The highest BCUT2D eigenvalue weighted by atomic mass is 32.1. The fourth-order valence-electron chi connectivity index (χ4n) is 2.98. The van der Waals surface area contributed by atoms with Gasteiger partial charge in [0.15, 0.2) is 0 Å². The van der Waals surface area contributed by atoms with Crippen molar-refractivity contribution in [2.45, 2.75) is 0 Å². The summed E-state index contributed by atoms with van der Waals surface area (Å²) in [6, 6.07) is 7.08. The van der Waals surface area contributed by atoms with Crippen molar-refractivity contribution < 1.29 is 10.0 Å². The number of phenolic OH excluding ortho intramolecular Hbond substituents is 1. The van der Waals surface area contributed by atoms with Crippen LogP contribution in [0.2, 0.25) is 0 Å². The highest BCUT2D eigenvalue weighted by Crippen LogP contribution is 2.32. The fraction of sp³-hybridized carbons (Fsp3) is 0.267. The van der Waals surface area contributed by atoms with E-state index in [1.807, 2.05) is 17.0 Å². The number of imidazole rings is 1. The van der Waals surface area contributed by atoms with E-state index in [0.29, 0.717) is 23.9 Å². The van der Waals surface area contributed by atoms with E-state index < -0.39 is 0 Å². The first-order chi connectivity index (χ1) is 11.6. The average molecular weight is 345 g/mol. The number of hydrogen-bond donors (Lipinski definition) is 1. The quantitative estimate of drug-likeness (QED) is 0.579. The minimum Gasteiger partial charge on any atom is -0.508 e. The Morgan fingerprint density at radius 2 is 1.79 bits per heavy atom. The summed E-state index contributed by atoms with van der Waals surface area (Å²) in [7, 11) is 0. The number of piperazine rings is 1. The maximum absolute atomic E-state index is 11.4. The van der Waals surface area contributed by atoms with Crippen LogP contribution < -0.4 is 9.80 Å². The molecule has 8 nitrogen and oxygen atoms in total. The van der Waals surface area contributed by atoms with E-state index in [1.165, 1.54) is 15.7 Å². The van der Waals surface area contributed by atoms with Crippen molar-refractivity contribution in [3.8, 4) is 5.75 Å². The molecule has 3 aromatic rings. The van der Waals surface area contributed by atoms with E-state index >= 15 is 0 Å². The highest BCUT2D eigenvalue weighted by Gasteiger charge is 2.30. The maximum atomic E-state index is 11.4. The summed E-state index contributed by atoms with van der Waals surface area (Å²) in [5.41, 5.74) is 1.03. The fourth-order valence-corrected chi connectivity index (χ4v) is 3.69. The molecule has 1 aliphatic heterocycles. The van der Waals surface area contributed by atoms with E-state index in [-0.39, 0.29) is 16.5 Å². The lowest BCUT2D eigenvalue weighted by Crippen LogP contribution is -2.46. The maximum Gasteiger partial charge on any atom is 0.373 e. The Balaban J connectivity index is 1.56. The monoisotopic (exact) mass is 345 g/mol. The van der Waals surface area contributed by atoms with Gasteiger partial charge >= 0.3 is 5.82 Å². The van der Waals surface area contributed by atoms with Gasteiger partial charge in [0, 0.05) is 37.2 Å². The lowest BCUT2D eigenvalue weighted by molar-refractivity contribution is -0.389. The third kappa shape index (κ3) is 2.42. The van der Waals surface area contributed by atoms with Gasteiger partial charge in [-0.2, -0.15) is 9.38 Å². The molecular formula is C15H15N5O3S. The highest BCUT2D eigenvalue weighted by molar-refractivity contribution is 7.15. The lowest BCUT2D eigenvalue weighted by atomic mass is 10.2. The number of phenols is 1. The van der Waals surface area contributed by atoms with Crippen molar-refractivity contribution in [3.05, 3.63) is 46.0 Å². The van der Waals surface area contributed by atoms with Crippen LogP contribution in [0.5, 0.6) is 5.75 Å². The SMILES string of the molecule is O=[N+]([O-])c1c(N2CCN(c3ccc(O)cc3)CC2)nc2sccn12. The predicted octanol–water partition coefficient (Wildman–Crippen LogP) is 2.34. The number of fused-ring (bicyclic) bond motifs is 1. The number of nitrogens with zero attached hydrogens (tertiary/aromatic N) is 5. The molecule has 1 fully saturated rings. The number of thiazole rings is 1. The number of anilines is 2. The van der Waals surface area contributed by atoms with Crippen molar-refractivity contribution in [2.24, 2.45) is 0 Å². The van der Waals surface area contributed by atoms with Gasteiger partial charge < -0.3 is 25.0 Å². The van der Waals surface area contributed by atoms with Gasteiger partial charge in [0.25, 0.3) is 4.96 Å². The molecule has 0 bridgehead atoms. The summed E-state index contributed by atoms with van der Waals surface area (Å²) in [5, 5.41) is 22.6. The molecule has 24 heavy (non-hydrogen) atoms. The second-order valence-corrected chi connectivity index (χ2v) is 6.44. The van der Waals surface area contributed by atoms with Crippen LogP contribution in [0.15, 0.2) is 35.8 Å². The molecule has 1 N–H and O–H groups in total. The molecule has 0 spiro atoms. The Morgan fingerprint density at radius 3 is 2.46 bits per heavy atom. The largest absolute Gasteiger partial charge is 0.508 e. The summed E-state index contributed by atoms with van der Waals surface area (Å²) in [6.45, 7) is 2.80. The molecule has 1 aromatic carbocycles. The van der Waals surface area contributed by atoms with Crippen LogP contribution in [0.1, 0.15) is 0 Å². The zero-order chi connectivity index (χ0) is 16.7. The van der Waals surface area contributed by atoms with Gasteiger partial charge in [-0.05, 0) is 29.2 Å². The molecule has 4 rings (SSSR count). The Bertz CT molecular complexity index is 880. The lowest BCUT2D eigenvalue weighted by Gasteiger charge is -2.35. The number of aromatic hydroxyl groups is 1. The Morgan fingerprint density at radius 1 is 1.12 bits per heavy atom. The van der Waals surface area contributed by atoms with Crippen LogP contribution in [0.4, 0.5) is 17.3 Å². The van der Waals surface area contributed by atoms with Gasteiger partial charge in [-0.25, -0.2) is 0 Å².